The second-order valence-corrected chi connectivity index (χ2v) is 7.35. The van der Waals surface area contributed by atoms with E-state index in [0.29, 0.717) is 11.4 Å². The highest BCUT2D eigenvalue weighted by Gasteiger charge is 2.47. The van der Waals surface area contributed by atoms with E-state index in [1.807, 2.05) is 30.3 Å². The average Bonchev–Trinajstić information content (AvgIpc) is 3.42. The summed E-state index contributed by atoms with van der Waals surface area (Å²) in [5, 5.41) is 11.5. The number of benzene rings is 2. The fourth-order valence-electron chi connectivity index (χ4n) is 3.88. The number of rotatable bonds is 3. The van der Waals surface area contributed by atoms with Crippen LogP contribution in [0.3, 0.4) is 0 Å². The van der Waals surface area contributed by atoms with E-state index in [0.717, 1.165) is 15.5 Å². The Bertz CT molecular complexity index is 1240. The van der Waals surface area contributed by atoms with Crippen molar-refractivity contribution in [3.63, 3.8) is 0 Å². The van der Waals surface area contributed by atoms with Gasteiger partial charge in [-0.1, -0.05) is 36.4 Å². The highest BCUT2D eigenvalue weighted by atomic mass is 19.4. The summed E-state index contributed by atoms with van der Waals surface area (Å²) in [5.41, 5.74) is 0.452. The van der Waals surface area contributed by atoms with Gasteiger partial charge in [0.2, 0.25) is 0 Å². The molecule has 0 saturated heterocycles. The van der Waals surface area contributed by atoms with E-state index in [1.54, 1.807) is 24.3 Å². The topological polar surface area (TPSA) is 72.1 Å². The molecule has 1 aliphatic rings. The van der Waals surface area contributed by atoms with Gasteiger partial charge in [0.05, 0.1) is 12.3 Å². The minimum absolute atomic E-state index is 0.107. The van der Waals surface area contributed by atoms with E-state index < -0.39 is 24.2 Å². The lowest BCUT2D eigenvalue weighted by Crippen LogP contribution is -2.35. The van der Waals surface area contributed by atoms with Crippen LogP contribution in [0.2, 0.25) is 0 Å². The molecule has 31 heavy (non-hydrogen) atoms. The summed E-state index contributed by atoms with van der Waals surface area (Å²) in [6.45, 7) is 0. The number of carbonyl (C=O) groups is 1. The van der Waals surface area contributed by atoms with E-state index >= 15 is 0 Å². The molecule has 158 valence electrons. The molecule has 0 unspecified atom stereocenters. The standard InChI is InChI=1S/C22H17F3N4O2/c23-22(24,25)19-11-16(18-9-4-10-31-18)26-20-12-17(28-29(19)20)21(30)27-15-8-3-6-13-5-1-2-7-14(13)15/h1-10,12,16,19,26H,11H2,(H,27,30)/t16-,19-/m0/s1. The van der Waals surface area contributed by atoms with Gasteiger partial charge in [-0.25, -0.2) is 4.68 Å². The van der Waals surface area contributed by atoms with Crippen LogP contribution < -0.4 is 10.6 Å². The van der Waals surface area contributed by atoms with Gasteiger partial charge in [0.25, 0.3) is 5.91 Å². The first-order chi connectivity index (χ1) is 14.9. The average molecular weight is 426 g/mol. The second kappa shape index (κ2) is 7.19. The van der Waals surface area contributed by atoms with Crippen LogP contribution in [0.5, 0.6) is 0 Å². The molecule has 0 radical (unpaired) electrons. The summed E-state index contributed by atoms with van der Waals surface area (Å²) in [6, 6.07) is 14.9. The lowest BCUT2D eigenvalue weighted by atomic mass is 10.0. The van der Waals surface area contributed by atoms with Crippen molar-refractivity contribution in [2.24, 2.45) is 0 Å². The van der Waals surface area contributed by atoms with E-state index in [9.17, 15) is 18.0 Å². The first-order valence-corrected chi connectivity index (χ1v) is 9.65. The third-order valence-electron chi connectivity index (χ3n) is 5.35. The van der Waals surface area contributed by atoms with Gasteiger partial charge in [-0.15, -0.1) is 0 Å². The van der Waals surface area contributed by atoms with Gasteiger partial charge in [-0.3, -0.25) is 4.79 Å². The van der Waals surface area contributed by atoms with E-state index in [4.69, 9.17) is 4.42 Å². The molecule has 0 spiro atoms. The summed E-state index contributed by atoms with van der Waals surface area (Å²) in [4.78, 5) is 12.8. The Hall–Kier alpha value is -3.75. The summed E-state index contributed by atoms with van der Waals surface area (Å²) in [6.07, 6.45) is -3.41. The number of amides is 1. The van der Waals surface area contributed by atoms with Crippen molar-refractivity contribution in [1.29, 1.82) is 0 Å². The molecular weight excluding hydrogens is 409 g/mol. The molecule has 0 bridgehead atoms. The maximum absolute atomic E-state index is 13.7. The normalized spacial score (nSPS) is 18.4. The zero-order valence-electron chi connectivity index (χ0n) is 16.1. The number of fused-ring (bicyclic) bond motifs is 2. The SMILES string of the molecule is O=C(Nc1cccc2ccccc12)c1cc2n(n1)[C@H](C(F)(F)F)C[C@@H](c1ccco1)N2. The van der Waals surface area contributed by atoms with Crippen molar-refractivity contribution in [3.05, 3.63) is 78.4 Å². The number of nitrogens with one attached hydrogen (secondary N) is 2. The lowest BCUT2D eigenvalue weighted by molar-refractivity contribution is -0.174. The van der Waals surface area contributed by atoms with Gasteiger partial charge >= 0.3 is 6.18 Å². The van der Waals surface area contributed by atoms with Crippen molar-refractivity contribution in [2.75, 3.05) is 10.6 Å². The molecule has 2 N–H and O–H groups in total. The molecule has 4 aromatic rings. The Balaban J connectivity index is 1.47. The van der Waals surface area contributed by atoms with Crippen molar-refractivity contribution >= 4 is 28.2 Å². The number of furan rings is 1. The molecular formula is C22H17F3N4O2. The van der Waals surface area contributed by atoms with Crippen molar-refractivity contribution in [2.45, 2.75) is 24.7 Å². The number of nitrogens with zero attached hydrogens (tertiary/aromatic N) is 2. The van der Waals surface area contributed by atoms with E-state index in [2.05, 4.69) is 15.7 Å². The minimum Gasteiger partial charge on any atom is -0.467 e. The van der Waals surface area contributed by atoms with Crippen molar-refractivity contribution in [3.8, 4) is 0 Å². The number of aromatic nitrogens is 2. The van der Waals surface area contributed by atoms with Gasteiger partial charge < -0.3 is 15.1 Å². The van der Waals surface area contributed by atoms with Crippen LogP contribution in [0.15, 0.2) is 71.3 Å². The molecule has 2 aromatic heterocycles. The summed E-state index contributed by atoms with van der Waals surface area (Å²) >= 11 is 0. The monoisotopic (exact) mass is 426 g/mol. The Morgan fingerprint density at radius 2 is 1.94 bits per heavy atom. The van der Waals surface area contributed by atoms with Gasteiger partial charge in [-0.2, -0.15) is 18.3 Å². The number of alkyl halides is 3. The van der Waals surface area contributed by atoms with E-state index in [1.165, 1.54) is 12.3 Å². The molecule has 5 rings (SSSR count). The highest BCUT2D eigenvalue weighted by molar-refractivity contribution is 6.08. The van der Waals surface area contributed by atoms with Crippen molar-refractivity contribution < 1.29 is 22.4 Å². The number of carbonyl (C=O) groups excluding carboxylic acids is 1. The largest absolute Gasteiger partial charge is 0.467 e. The lowest BCUT2D eigenvalue weighted by Gasteiger charge is -2.32. The third kappa shape index (κ3) is 3.52. The van der Waals surface area contributed by atoms with Crippen molar-refractivity contribution in [1.82, 2.24) is 9.78 Å². The van der Waals surface area contributed by atoms with Gasteiger partial charge in [-0.05, 0) is 23.6 Å². The van der Waals surface area contributed by atoms with Gasteiger partial charge in [0.15, 0.2) is 11.7 Å². The summed E-state index contributed by atoms with van der Waals surface area (Å²) in [7, 11) is 0. The predicted octanol–water partition coefficient (Wildman–Crippen LogP) is 5.54. The number of halogens is 3. The fraction of sp³-hybridized carbons (Fsp3) is 0.182. The molecule has 0 fully saturated rings. The number of anilines is 2. The molecule has 3 heterocycles. The van der Waals surface area contributed by atoms with Crippen LogP contribution in [0.4, 0.5) is 24.7 Å². The molecule has 1 aliphatic heterocycles. The van der Waals surface area contributed by atoms with Gasteiger partial charge in [0.1, 0.15) is 11.6 Å². The van der Waals surface area contributed by atoms with Gasteiger partial charge in [0, 0.05) is 23.6 Å². The molecule has 0 saturated carbocycles. The van der Waals surface area contributed by atoms with Crippen LogP contribution >= 0.6 is 0 Å². The Kier molecular flexibility index (Phi) is 4.46. The maximum Gasteiger partial charge on any atom is 0.410 e. The minimum atomic E-state index is -4.53. The van der Waals surface area contributed by atoms with Crippen LogP contribution in [-0.2, 0) is 0 Å². The quantitative estimate of drug-likeness (QED) is 0.451. The molecule has 9 heteroatoms. The molecule has 2 aromatic carbocycles. The zero-order valence-corrected chi connectivity index (χ0v) is 16.1. The molecule has 2 atom stereocenters. The summed E-state index contributed by atoms with van der Waals surface area (Å²) in [5.74, 6) is -0.0861. The smallest absolute Gasteiger partial charge is 0.410 e. The summed E-state index contributed by atoms with van der Waals surface area (Å²) < 4.78 is 47.4. The first kappa shape index (κ1) is 19.2. The Morgan fingerprint density at radius 3 is 2.71 bits per heavy atom. The number of hydrogen-bond donors (Lipinski definition) is 2. The fourth-order valence-corrected chi connectivity index (χ4v) is 3.88. The Morgan fingerprint density at radius 1 is 1.13 bits per heavy atom. The second-order valence-electron chi connectivity index (χ2n) is 7.35. The van der Waals surface area contributed by atoms with Crippen LogP contribution in [-0.4, -0.2) is 21.9 Å². The zero-order chi connectivity index (χ0) is 21.6. The first-order valence-electron chi connectivity index (χ1n) is 9.65. The van der Waals surface area contributed by atoms with E-state index in [-0.39, 0.29) is 17.9 Å². The Labute approximate surface area is 174 Å². The third-order valence-corrected chi connectivity index (χ3v) is 5.35. The predicted molar refractivity (Wildman–Crippen MR) is 109 cm³/mol. The molecule has 6 nitrogen and oxygen atoms in total. The highest BCUT2D eigenvalue weighted by Crippen LogP contribution is 2.43. The van der Waals surface area contributed by atoms with Crippen LogP contribution in [0, 0.1) is 0 Å². The molecule has 1 amide bonds. The number of hydrogen-bond acceptors (Lipinski definition) is 4. The van der Waals surface area contributed by atoms with Crippen LogP contribution in [0.25, 0.3) is 10.8 Å². The van der Waals surface area contributed by atoms with Crippen LogP contribution in [0.1, 0.15) is 34.8 Å². The maximum atomic E-state index is 13.7. The molecule has 0 aliphatic carbocycles.